The second-order valence-corrected chi connectivity index (χ2v) is 6.11. The summed E-state index contributed by atoms with van der Waals surface area (Å²) in [7, 11) is 1.78. The fourth-order valence-electron chi connectivity index (χ4n) is 1.91. The molecule has 1 amide bonds. The van der Waals surface area contributed by atoms with Gasteiger partial charge in [0.1, 0.15) is 5.88 Å². The summed E-state index contributed by atoms with van der Waals surface area (Å²) in [4.78, 5) is 13.5. The molecule has 1 rings (SSSR count). The van der Waals surface area contributed by atoms with Crippen molar-refractivity contribution in [2.75, 3.05) is 17.8 Å². The molecular formula is C14H19BrClNO. The quantitative estimate of drug-likeness (QED) is 0.764. The van der Waals surface area contributed by atoms with Gasteiger partial charge in [-0.3, -0.25) is 4.79 Å². The molecule has 0 atom stereocenters. The smallest absolute Gasteiger partial charge is 0.241 e. The second-order valence-electron chi connectivity index (χ2n) is 5.28. The summed E-state index contributed by atoms with van der Waals surface area (Å²) in [5.41, 5.74) is 3.20. The first-order valence-corrected chi connectivity index (χ1v) is 7.49. The zero-order valence-corrected chi connectivity index (χ0v) is 13.6. The average molecular weight is 333 g/mol. The molecule has 4 heteroatoms. The van der Waals surface area contributed by atoms with Crippen LogP contribution >= 0.6 is 27.5 Å². The Morgan fingerprint density at radius 1 is 1.39 bits per heavy atom. The number of nitrogens with zero attached hydrogens (tertiary/aromatic N) is 1. The van der Waals surface area contributed by atoms with Gasteiger partial charge in [-0.2, -0.15) is 0 Å². The minimum atomic E-state index is -0.0874. The Morgan fingerprint density at radius 3 is 2.44 bits per heavy atom. The van der Waals surface area contributed by atoms with Gasteiger partial charge >= 0.3 is 0 Å². The van der Waals surface area contributed by atoms with Gasteiger partial charge in [0.05, 0.1) is 5.69 Å². The average Bonchev–Trinajstić information content (AvgIpc) is 2.34. The Hall–Kier alpha value is -0.540. The van der Waals surface area contributed by atoms with Crippen LogP contribution in [0.2, 0.25) is 0 Å². The number of hydrogen-bond donors (Lipinski definition) is 0. The van der Waals surface area contributed by atoms with E-state index in [2.05, 4.69) is 42.8 Å². The van der Waals surface area contributed by atoms with Gasteiger partial charge in [-0.05, 0) is 16.5 Å². The van der Waals surface area contributed by atoms with Crippen LogP contribution in [-0.2, 0) is 15.5 Å². The molecule has 1 aromatic rings. The van der Waals surface area contributed by atoms with E-state index in [4.69, 9.17) is 11.6 Å². The Bertz CT molecular complexity index is 440. The number of alkyl halides is 2. The molecule has 0 bridgehead atoms. The van der Waals surface area contributed by atoms with Crippen molar-refractivity contribution >= 4 is 39.1 Å². The molecule has 0 unspecified atom stereocenters. The predicted molar refractivity (Wildman–Crippen MR) is 81.9 cm³/mol. The molecule has 18 heavy (non-hydrogen) atoms. The molecular weight excluding hydrogens is 314 g/mol. The number of para-hydroxylation sites is 1. The van der Waals surface area contributed by atoms with E-state index in [1.165, 1.54) is 0 Å². The molecule has 0 aliphatic carbocycles. The SMILES string of the molecule is CN(C(=O)CCl)c1c(CBr)cccc1C(C)(C)C. The molecule has 1 aromatic carbocycles. The number of carbonyl (C=O) groups is 1. The van der Waals surface area contributed by atoms with Crippen molar-refractivity contribution in [3.8, 4) is 0 Å². The Labute approximate surface area is 122 Å². The lowest BCUT2D eigenvalue weighted by molar-refractivity contribution is -0.116. The number of halogens is 2. The Balaban J connectivity index is 3.42. The van der Waals surface area contributed by atoms with Crippen molar-refractivity contribution in [2.45, 2.75) is 31.5 Å². The number of hydrogen-bond acceptors (Lipinski definition) is 1. The van der Waals surface area contributed by atoms with Crippen molar-refractivity contribution in [2.24, 2.45) is 0 Å². The van der Waals surface area contributed by atoms with E-state index in [9.17, 15) is 4.79 Å². The first kappa shape index (κ1) is 15.5. The molecule has 0 aliphatic heterocycles. The van der Waals surface area contributed by atoms with Crippen LogP contribution in [0.3, 0.4) is 0 Å². The molecule has 0 N–H and O–H groups in total. The van der Waals surface area contributed by atoms with Gasteiger partial charge in [0, 0.05) is 12.4 Å². The highest BCUT2D eigenvalue weighted by Crippen LogP contribution is 2.35. The zero-order chi connectivity index (χ0) is 13.9. The van der Waals surface area contributed by atoms with Gasteiger partial charge in [-0.15, -0.1) is 11.6 Å². The van der Waals surface area contributed by atoms with Crippen LogP contribution < -0.4 is 4.90 Å². The first-order valence-electron chi connectivity index (χ1n) is 5.83. The van der Waals surface area contributed by atoms with Gasteiger partial charge in [0.2, 0.25) is 5.91 Å². The highest BCUT2D eigenvalue weighted by atomic mass is 79.9. The molecule has 100 valence electrons. The van der Waals surface area contributed by atoms with Gasteiger partial charge in [0.25, 0.3) is 0 Å². The van der Waals surface area contributed by atoms with E-state index in [0.29, 0.717) is 5.33 Å². The minimum absolute atomic E-state index is 0.00327. The fourth-order valence-corrected chi connectivity index (χ4v) is 2.55. The van der Waals surface area contributed by atoms with Gasteiger partial charge in [-0.25, -0.2) is 0 Å². The molecule has 0 spiro atoms. The molecule has 0 heterocycles. The number of rotatable bonds is 3. The van der Waals surface area contributed by atoms with Crippen LogP contribution in [0, 0.1) is 0 Å². The van der Waals surface area contributed by atoms with Crippen LogP contribution in [0.25, 0.3) is 0 Å². The van der Waals surface area contributed by atoms with E-state index in [0.717, 1.165) is 16.8 Å². The fraction of sp³-hybridized carbons (Fsp3) is 0.500. The van der Waals surface area contributed by atoms with Crippen molar-refractivity contribution in [3.05, 3.63) is 29.3 Å². The molecule has 0 radical (unpaired) electrons. The summed E-state index contributed by atoms with van der Waals surface area (Å²) in [6, 6.07) is 6.12. The first-order chi connectivity index (χ1) is 8.32. The summed E-state index contributed by atoms with van der Waals surface area (Å²) >= 11 is 9.13. The summed E-state index contributed by atoms with van der Waals surface area (Å²) in [5.74, 6) is -0.0907. The molecule has 0 saturated heterocycles. The van der Waals surface area contributed by atoms with Crippen LogP contribution in [0.5, 0.6) is 0 Å². The van der Waals surface area contributed by atoms with E-state index >= 15 is 0 Å². The lowest BCUT2D eigenvalue weighted by Crippen LogP contribution is -2.31. The molecule has 0 saturated carbocycles. The van der Waals surface area contributed by atoms with Crippen LogP contribution in [-0.4, -0.2) is 18.8 Å². The molecule has 0 aliphatic rings. The maximum Gasteiger partial charge on any atom is 0.241 e. The van der Waals surface area contributed by atoms with Crippen LogP contribution in [0.15, 0.2) is 18.2 Å². The van der Waals surface area contributed by atoms with Gasteiger partial charge in [-0.1, -0.05) is 54.9 Å². The van der Waals surface area contributed by atoms with E-state index in [-0.39, 0.29) is 17.2 Å². The summed E-state index contributed by atoms with van der Waals surface area (Å²) < 4.78 is 0. The van der Waals surface area contributed by atoms with Crippen molar-refractivity contribution in [1.82, 2.24) is 0 Å². The minimum Gasteiger partial charge on any atom is -0.314 e. The van der Waals surface area contributed by atoms with Crippen molar-refractivity contribution in [1.29, 1.82) is 0 Å². The highest BCUT2D eigenvalue weighted by molar-refractivity contribution is 9.08. The molecule has 2 nitrogen and oxygen atoms in total. The largest absolute Gasteiger partial charge is 0.314 e. The van der Waals surface area contributed by atoms with Crippen molar-refractivity contribution < 1.29 is 4.79 Å². The third-order valence-corrected chi connectivity index (χ3v) is 3.73. The van der Waals surface area contributed by atoms with Gasteiger partial charge in [0.15, 0.2) is 0 Å². The number of amides is 1. The monoisotopic (exact) mass is 331 g/mol. The predicted octanol–water partition coefficient (Wildman–Crippen LogP) is 4.08. The van der Waals surface area contributed by atoms with Crippen molar-refractivity contribution in [3.63, 3.8) is 0 Å². The summed E-state index contributed by atoms with van der Waals surface area (Å²) in [6.45, 7) is 6.43. The third kappa shape index (κ3) is 3.27. The summed E-state index contributed by atoms with van der Waals surface area (Å²) in [5, 5.41) is 0.714. The Kier molecular flexibility index (Phi) is 5.23. The normalized spacial score (nSPS) is 11.4. The maximum absolute atomic E-state index is 11.8. The number of carbonyl (C=O) groups excluding carboxylic acids is 1. The Morgan fingerprint density at radius 2 is 2.00 bits per heavy atom. The van der Waals surface area contributed by atoms with Crippen LogP contribution in [0.1, 0.15) is 31.9 Å². The highest BCUT2D eigenvalue weighted by Gasteiger charge is 2.24. The van der Waals surface area contributed by atoms with E-state index in [1.54, 1.807) is 11.9 Å². The maximum atomic E-state index is 11.8. The van der Waals surface area contributed by atoms with E-state index < -0.39 is 0 Å². The lowest BCUT2D eigenvalue weighted by Gasteiger charge is -2.29. The molecule has 0 aromatic heterocycles. The van der Waals surface area contributed by atoms with E-state index in [1.807, 2.05) is 12.1 Å². The zero-order valence-electron chi connectivity index (χ0n) is 11.3. The number of anilines is 1. The summed E-state index contributed by atoms with van der Waals surface area (Å²) in [6.07, 6.45) is 0. The molecule has 0 fully saturated rings. The topological polar surface area (TPSA) is 20.3 Å². The number of benzene rings is 1. The van der Waals surface area contributed by atoms with Crippen LogP contribution in [0.4, 0.5) is 5.69 Å². The standard InChI is InChI=1S/C14H19BrClNO/c1-14(2,3)11-7-5-6-10(8-15)13(11)17(4)12(18)9-16/h5-7H,8-9H2,1-4H3. The van der Waals surface area contributed by atoms with Gasteiger partial charge < -0.3 is 4.90 Å². The lowest BCUT2D eigenvalue weighted by atomic mass is 9.84. The second kappa shape index (κ2) is 6.07. The third-order valence-electron chi connectivity index (χ3n) is 2.90.